The van der Waals surface area contributed by atoms with E-state index in [2.05, 4.69) is 19.9 Å². The zero-order valence-corrected chi connectivity index (χ0v) is 13.4. The molecule has 3 heteroatoms. The average molecular weight is 308 g/mol. The van der Waals surface area contributed by atoms with Gasteiger partial charge in [-0.1, -0.05) is 56.0 Å². The number of alkyl halides is 1. The van der Waals surface area contributed by atoms with Crippen LogP contribution in [0.25, 0.3) is 0 Å². The van der Waals surface area contributed by atoms with Crippen LogP contribution in [0.5, 0.6) is 0 Å². The van der Waals surface area contributed by atoms with Crippen molar-refractivity contribution < 1.29 is 0 Å². The third-order valence-corrected chi connectivity index (χ3v) is 4.96. The van der Waals surface area contributed by atoms with Crippen molar-refractivity contribution in [3.8, 4) is 0 Å². The maximum absolute atomic E-state index is 6.22. The highest BCUT2D eigenvalue weighted by Gasteiger charge is 2.27. The first-order valence-electron chi connectivity index (χ1n) is 6.57. The van der Waals surface area contributed by atoms with Gasteiger partial charge in [0.1, 0.15) is 0 Å². The van der Waals surface area contributed by atoms with Gasteiger partial charge in [0.25, 0.3) is 0 Å². The zero-order chi connectivity index (χ0) is 13.6. The van der Waals surface area contributed by atoms with E-state index in [0.29, 0.717) is 15.9 Å². The molecule has 1 aromatic rings. The number of benzene rings is 1. The van der Waals surface area contributed by atoms with Crippen LogP contribution < -0.4 is 0 Å². The molecule has 0 nitrogen and oxygen atoms in total. The smallest absolute Gasteiger partial charge is 0.0595 e. The van der Waals surface area contributed by atoms with E-state index in [1.807, 2.05) is 12.1 Å². The van der Waals surface area contributed by atoms with Crippen LogP contribution in [0.2, 0.25) is 10.0 Å². The first-order valence-corrected chi connectivity index (χ1v) is 7.86. The van der Waals surface area contributed by atoms with Gasteiger partial charge in [-0.05, 0) is 42.4 Å². The molecule has 1 aromatic carbocycles. The summed E-state index contributed by atoms with van der Waals surface area (Å²) in [5, 5.41) is 1.24. The molecule has 0 heterocycles. The second kappa shape index (κ2) is 7.62. The molecule has 18 heavy (non-hydrogen) atoms. The summed E-state index contributed by atoms with van der Waals surface area (Å²) in [5.41, 5.74) is 1.41. The predicted octanol–water partition coefficient (Wildman–Crippen LogP) is 6.36. The summed E-state index contributed by atoms with van der Waals surface area (Å²) in [6, 6.07) is 5.89. The molecular formula is C15H21Cl3. The normalized spacial score (nSPS) is 14.5. The molecule has 0 aromatic heterocycles. The fourth-order valence-electron chi connectivity index (χ4n) is 2.23. The van der Waals surface area contributed by atoms with Crippen LogP contribution in [-0.2, 0) is 6.42 Å². The lowest BCUT2D eigenvalue weighted by atomic mass is 9.77. The zero-order valence-electron chi connectivity index (χ0n) is 11.1. The van der Waals surface area contributed by atoms with Crippen LogP contribution in [0.1, 0.15) is 45.1 Å². The lowest BCUT2D eigenvalue weighted by Gasteiger charge is -2.31. The molecule has 0 saturated heterocycles. The highest BCUT2D eigenvalue weighted by Crippen LogP contribution is 2.35. The topological polar surface area (TPSA) is 0 Å². The van der Waals surface area contributed by atoms with E-state index in [1.54, 1.807) is 0 Å². The van der Waals surface area contributed by atoms with Crippen LogP contribution in [0.15, 0.2) is 18.2 Å². The van der Waals surface area contributed by atoms with E-state index >= 15 is 0 Å². The maximum Gasteiger partial charge on any atom is 0.0595 e. The number of halogens is 3. The van der Waals surface area contributed by atoms with Gasteiger partial charge in [-0.15, -0.1) is 11.6 Å². The van der Waals surface area contributed by atoms with E-state index < -0.39 is 0 Å². The van der Waals surface area contributed by atoms with E-state index in [-0.39, 0.29) is 5.41 Å². The summed E-state index contributed by atoms with van der Waals surface area (Å²) >= 11 is 18.2. The Labute approximate surface area is 126 Å². The number of hydrogen-bond donors (Lipinski definition) is 0. The monoisotopic (exact) mass is 306 g/mol. The molecule has 1 unspecified atom stereocenters. The number of rotatable bonds is 7. The highest BCUT2D eigenvalue weighted by atomic mass is 35.5. The Morgan fingerprint density at radius 2 is 1.83 bits per heavy atom. The van der Waals surface area contributed by atoms with Gasteiger partial charge in [0.2, 0.25) is 0 Å². The van der Waals surface area contributed by atoms with Crippen molar-refractivity contribution in [2.75, 3.05) is 5.88 Å². The number of hydrogen-bond acceptors (Lipinski definition) is 0. The molecular weight excluding hydrogens is 287 g/mol. The SMILES string of the molecule is CCCCC(CC)(CCl)Cc1ccc(Cl)c(Cl)c1. The van der Waals surface area contributed by atoms with Gasteiger partial charge in [-0.25, -0.2) is 0 Å². The minimum absolute atomic E-state index is 0.189. The molecule has 1 atom stereocenters. The minimum atomic E-state index is 0.189. The molecule has 0 spiro atoms. The molecule has 0 aliphatic heterocycles. The summed E-state index contributed by atoms with van der Waals surface area (Å²) in [4.78, 5) is 0. The molecule has 0 saturated carbocycles. The van der Waals surface area contributed by atoms with Crippen molar-refractivity contribution in [2.24, 2.45) is 5.41 Å². The Morgan fingerprint density at radius 1 is 1.11 bits per heavy atom. The quantitative estimate of drug-likeness (QED) is 0.514. The Balaban J connectivity index is 2.84. The summed E-state index contributed by atoms with van der Waals surface area (Å²) in [6.45, 7) is 4.43. The summed E-state index contributed by atoms with van der Waals surface area (Å²) in [5.74, 6) is 0.698. The molecule has 1 rings (SSSR count). The van der Waals surface area contributed by atoms with Crippen molar-refractivity contribution >= 4 is 34.8 Å². The summed E-state index contributed by atoms with van der Waals surface area (Å²) in [7, 11) is 0. The van der Waals surface area contributed by atoms with E-state index in [0.717, 1.165) is 12.8 Å². The predicted molar refractivity (Wildman–Crippen MR) is 83.1 cm³/mol. The molecule has 0 fully saturated rings. The van der Waals surface area contributed by atoms with Crippen LogP contribution in [0, 0.1) is 5.41 Å². The van der Waals surface area contributed by atoms with Crippen molar-refractivity contribution in [1.82, 2.24) is 0 Å². The largest absolute Gasteiger partial charge is 0.126 e. The summed E-state index contributed by atoms with van der Waals surface area (Å²) in [6.07, 6.45) is 5.67. The van der Waals surface area contributed by atoms with Gasteiger partial charge in [0.05, 0.1) is 10.0 Å². The highest BCUT2D eigenvalue weighted by molar-refractivity contribution is 6.42. The third-order valence-electron chi connectivity index (χ3n) is 3.66. The average Bonchev–Trinajstić information content (AvgIpc) is 2.39. The lowest BCUT2D eigenvalue weighted by Crippen LogP contribution is -2.25. The van der Waals surface area contributed by atoms with Crippen LogP contribution in [-0.4, -0.2) is 5.88 Å². The van der Waals surface area contributed by atoms with Gasteiger partial charge < -0.3 is 0 Å². The van der Waals surface area contributed by atoms with E-state index in [4.69, 9.17) is 34.8 Å². The van der Waals surface area contributed by atoms with Gasteiger partial charge in [-0.2, -0.15) is 0 Å². The van der Waals surface area contributed by atoms with E-state index in [1.165, 1.54) is 24.8 Å². The summed E-state index contributed by atoms with van der Waals surface area (Å²) < 4.78 is 0. The van der Waals surface area contributed by atoms with Crippen LogP contribution in [0.4, 0.5) is 0 Å². The van der Waals surface area contributed by atoms with Crippen LogP contribution >= 0.6 is 34.8 Å². The molecule has 0 bridgehead atoms. The van der Waals surface area contributed by atoms with Crippen molar-refractivity contribution in [2.45, 2.75) is 46.0 Å². The molecule has 0 N–H and O–H groups in total. The fraction of sp³-hybridized carbons (Fsp3) is 0.600. The first kappa shape index (κ1) is 16.1. The first-order chi connectivity index (χ1) is 8.56. The maximum atomic E-state index is 6.22. The minimum Gasteiger partial charge on any atom is -0.126 e. The Bertz CT molecular complexity index is 370. The second-order valence-electron chi connectivity index (χ2n) is 5.02. The molecule has 102 valence electrons. The van der Waals surface area contributed by atoms with Gasteiger partial charge in [0, 0.05) is 5.88 Å². The van der Waals surface area contributed by atoms with Crippen LogP contribution in [0.3, 0.4) is 0 Å². The Hall–Kier alpha value is 0.0900. The molecule has 0 amide bonds. The Kier molecular flexibility index (Phi) is 6.84. The Morgan fingerprint density at radius 3 is 2.33 bits per heavy atom. The van der Waals surface area contributed by atoms with Gasteiger partial charge in [-0.3, -0.25) is 0 Å². The number of unbranched alkanes of at least 4 members (excludes halogenated alkanes) is 1. The third kappa shape index (κ3) is 4.33. The molecule has 0 aliphatic carbocycles. The molecule has 0 aliphatic rings. The van der Waals surface area contributed by atoms with Crippen molar-refractivity contribution in [1.29, 1.82) is 0 Å². The van der Waals surface area contributed by atoms with Gasteiger partial charge in [0.15, 0.2) is 0 Å². The molecule has 0 radical (unpaired) electrons. The van der Waals surface area contributed by atoms with Crippen molar-refractivity contribution in [3.63, 3.8) is 0 Å². The second-order valence-corrected chi connectivity index (χ2v) is 6.10. The van der Waals surface area contributed by atoms with E-state index in [9.17, 15) is 0 Å². The standard InChI is InChI=1S/C15H21Cl3/c1-3-5-8-15(4-2,11-16)10-12-6-7-13(17)14(18)9-12/h6-7,9H,3-5,8,10-11H2,1-2H3. The van der Waals surface area contributed by atoms with Crippen molar-refractivity contribution in [3.05, 3.63) is 33.8 Å². The fourth-order valence-corrected chi connectivity index (χ4v) is 2.97. The lowest BCUT2D eigenvalue weighted by molar-refractivity contribution is 0.279. The van der Waals surface area contributed by atoms with Gasteiger partial charge >= 0.3 is 0 Å².